The summed E-state index contributed by atoms with van der Waals surface area (Å²) >= 11 is 0. The Morgan fingerprint density at radius 2 is 1.94 bits per heavy atom. The van der Waals surface area contributed by atoms with Crippen LogP contribution in [0.25, 0.3) is 5.57 Å². The lowest BCUT2D eigenvalue weighted by Crippen LogP contribution is -2.61. The molecule has 3 atom stereocenters. The van der Waals surface area contributed by atoms with Crippen molar-refractivity contribution >= 4 is 29.3 Å². The van der Waals surface area contributed by atoms with Crippen molar-refractivity contribution in [1.82, 2.24) is 4.90 Å². The van der Waals surface area contributed by atoms with E-state index in [2.05, 4.69) is 0 Å². The Balaban J connectivity index is 1.84. The van der Waals surface area contributed by atoms with Gasteiger partial charge in [-0.2, -0.15) is 0 Å². The molecule has 1 aromatic carbocycles. The predicted octanol–water partition coefficient (Wildman–Crippen LogP) is 1.10. The minimum atomic E-state index is -0.869. The van der Waals surface area contributed by atoms with Gasteiger partial charge in [0, 0.05) is 0 Å². The fourth-order valence-corrected chi connectivity index (χ4v) is 4.06. The van der Waals surface area contributed by atoms with Crippen LogP contribution < -0.4 is 5.73 Å². The van der Waals surface area contributed by atoms with E-state index in [0.29, 0.717) is 17.6 Å². The molecule has 1 fully saturated rings. The number of primary amides is 1. The summed E-state index contributed by atoms with van der Waals surface area (Å²) < 4.78 is 15.5. The van der Waals surface area contributed by atoms with Crippen LogP contribution in [0.15, 0.2) is 30.0 Å². The van der Waals surface area contributed by atoms with Crippen LogP contribution in [0.3, 0.4) is 0 Å². The van der Waals surface area contributed by atoms with Gasteiger partial charge in [-0.1, -0.05) is 18.2 Å². The van der Waals surface area contributed by atoms with Crippen LogP contribution in [-0.2, 0) is 40.0 Å². The minimum Gasteiger partial charge on any atom is -0.427 e. The molecule has 34 heavy (non-hydrogen) atoms. The highest BCUT2D eigenvalue weighted by Gasteiger charge is 2.57. The van der Waals surface area contributed by atoms with E-state index in [1.165, 1.54) is 4.90 Å². The zero-order chi connectivity index (χ0) is 25.2. The van der Waals surface area contributed by atoms with E-state index in [1.54, 1.807) is 52.0 Å². The van der Waals surface area contributed by atoms with Crippen LogP contribution in [0.2, 0.25) is 0 Å². The lowest BCUT2D eigenvalue weighted by Gasteiger charge is -2.44. The molecule has 0 unspecified atom stereocenters. The zero-order valence-electron chi connectivity index (χ0n) is 19.7. The van der Waals surface area contributed by atoms with Gasteiger partial charge in [-0.3, -0.25) is 14.4 Å². The maximum absolute atomic E-state index is 13.0. The fourth-order valence-electron chi connectivity index (χ4n) is 4.06. The third kappa shape index (κ3) is 5.28. The summed E-state index contributed by atoms with van der Waals surface area (Å²) in [5.41, 5.74) is 6.39. The maximum Gasteiger partial charge on any atom is 0.358 e. The average Bonchev–Trinajstić information content (AvgIpc) is 3.07. The van der Waals surface area contributed by atoms with E-state index in [0.717, 1.165) is 5.56 Å². The standard InChI is InChI=1S/C24H30N2O8/c1-13(27)19-17-9-16(15-7-5-6-14(8-15)10-32-11-18(25)28)20(26(17)21(19)29)22(30)33-12-34-23(31)24(2,3)4/h5-8,13,17,19,27H,9-12H2,1-4H3,(H2,25,28)/t13-,17-,19-/m1/s1. The van der Waals surface area contributed by atoms with Crippen molar-refractivity contribution in [3.05, 3.63) is 41.1 Å². The molecule has 184 valence electrons. The Morgan fingerprint density at radius 1 is 1.24 bits per heavy atom. The van der Waals surface area contributed by atoms with Gasteiger partial charge in [0.05, 0.1) is 30.1 Å². The Morgan fingerprint density at radius 3 is 2.56 bits per heavy atom. The summed E-state index contributed by atoms with van der Waals surface area (Å²) in [4.78, 5) is 50.0. The average molecular weight is 475 g/mol. The second kappa shape index (κ2) is 9.94. The van der Waals surface area contributed by atoms with Crippen molar-refractivity contribution in [3.63, 3.8) is 0 Å². The third-order valence-corrected chi connectivity index (χ3v) is 5.70. The molecule has 0 bridgehead atoms. The van der Waals surface area contributed by atoms with Crippen LogP contribution in [-0.4, -0.2) is 59.3 Å². The molecule has 2 heterocycles. The summed E-state index contributed by atoms with van der Waals surface area (Å²) in [6.07, 6.45) is -0.523. The summed E-state index contributed by atoms with van der Waals surface area (Å²) in [5.74, 6) is -2.90. The first kappa shape index (κ1) is 25.4. The molecule has 3 N–H and O–H groups in total. The van der Waals surface area contributed by atoms with Gasteiger partial charge in [-0.05, 0) is 56.9 Å². The van der Waals surface area contributed by atoms with Gasteiger partial charge in [0.1, 0.15) is 12.3 Å². The third-order valence-electron chi connectivity index (χ3n) is 5.70. The van der Waals surface area contributed by atoms with E-state index in [9.17, 15) is 24.3 Å². The molecule has 1 aromatic rings. The molecule has 2 aliphatic rings. The first-order valence-corrected chi connectivity index (χ1v) is 11.0. The number of β-lactam (4-membered cyclic amide) rings is 1. The number of fused-ring (bicyclic) bond motifs is 1. The molecule has 2 amide bonds. The van der Waals surface area contributed by atoms with Crippen LogP contribution in [0.1, 0.15) is 45.2 Å². The summed E-state index contributed by atoms with van der Waals surface area (Å²) in [7, 11) is 0. The topological polar surface area (TPSA) is 145 Å². The van der Waals surface area contributed by atoms with E-state index in [4.69, 9.17) is 19.9 Å². The van der Waals surface area contributed by atoms with Gasteiger partial charge in [0.25, 0.3) is 0 Å². The van der Waals surface area contributed by atoms with Gasteiger partial charge in [0.15, 0.2) is 0 Å². The molecular weight excluding hydrogens is 444 g/mol. The smallest absolute Gasteiger partial charge is 0.358 e. The lowest BCUT2D eigenvalue weighted by molar-refractivity contribution is -0.175. The van der Waals surface area contributed by atoms with Gasteiger partial charge in [0.2, 0.25) is 18.6 Å². The van der Waals surface area contributed by atoms with E-state index >= 15 is 0 Å². The number of nitrogens with two attached hydrogens (primary N) is 1. The Labute approximate surface area is 197 Å². The van der Waals surface area contributed by atoms with Crippen molar-refractivity contribution in [2.45, 2.75) is 52.9 Å². The molecule has 3 rings (SSSR count). The number of hydrogen-bond acceptors (Lipinski definition) is 8. The minimum absolute atomic E-state index is 0.0638. The van der Waals surface area contributed by atoms with Crippen molar-refractivity contribution < 1.29 is 38.5 Å². The molecule has 1 saturated heterocycles. The molecule has 0 spiro atoms. The lowest BCUT2D eigenvalue weighted by atomic mass is 9.82. The first-order valence-electron chi connectivity index (χ1n) is 11.0. The highest BCUT2D eigenvalue weighted by Crippen LogP contribution is 2.47. The number of carbonyl (C=O) groups excluding carboxylic acids is 4. The summed E-state index contributed by atoms with van der Waals surface area (Å²) in [6.45, 7) is 5.89. The Hall–Kier alpha value is -3.24. The monoisotopic (exact) mass is 474 g/mol. The first-order chi connectivity index (χ1) is 15.9. The van der Waals surface area contributed by atoms with Crippen LogP contribution in [0.4, 0.5) is 0 Å². The SMILES string of the molecule is C[C@@H](O)[C@H]1C(=O)N2C(C(=O)OCOC(=O)C(C)(C)C)=C(c3cccc(COCC(N)=O)c3)C[C@H]12. The molecule has 0 saturated carbocycles. The second-order valence-electron chi connectivity index (χ2n) is 9.46. The van der Waals surface area contributed by atoms with E-state index in [1.807, 2.05) is 0 Å². The summed E-state index contributed by atoms with van der Waals surface area (Å²) in [5, 5.41) is 10.0. The van der Waals surface area contributed by atoms with Gasteiger partial charge < -0.3 is 30.0 Å². The number of ether oxygens (including phenoxy) is 3. The fraction of sp³-hybridized carbons (Fsp3) is 0.500. The highest BCUT2D eigenvalue weighted by atomic mass is 16.7. The normalized spacial score (nSPS) is 20.5. The number of benzene rings is 1. The molecule has 2 aliphatic heterocycles. The number of aliphatic hydroxyl groups excluding tert-OH is 1. The molecule has 10 heteroatoms. The number of nitrogens with zero attached hydrogens (tertiary/aromatic N) is 1. The Kier molecular flexibility index (Phi) is 7.42. The largest absolute Gasteiger partial charge is 0.427 e. The number of carbonyl (C=O) groups is 4. The highest BCUT2D eigenvalue weighted by molar-refractivity contribution is 6.06. The quantitative estimate of drug-likeness (QED) is 0.307. The summed E-state index contributed by atoms with van der Waals surface area (Å²) in [6, 6.07) is 6.76. The molecular formula is C24H30N2O8. The number of amides is 2. The number of esters is 2. The molecule has 0 aromatic heterocycles. The number of aliphatic hydroxyl groups is 1. The molecule has 10 nitrogen and oxygen atoms in total. The maximum atomic E-state index is 13.0. The number of hydrogen-bond donors (Lipinski definition) is 2. The van der Waals surface area contributed by atoms with Crippen molar-refractivity contribution in [3.8, 4) is 0 Å². The predicted molar refractivity (Wildman–Crippen MR) is 119 cm³/mol. The molecule has 0 radical (unpaired) electrons. The van der Waals surface area contributed by atoms with Crippen molar-refractivity contribution in [2.75, 3.05) is 13.4 Å². The number of rotatable bonds is 9. The zero-order valence-corrected chi connectivity index (χ0v) is 19.7. The Bertz CT molecular complexity index is 1020. The van der Waals surface area contributed by atoms with Crippen LogP contribution in [0, 0.1) is 11.3 Å². The van der Waals surface area contributed by atoms with Gasteiger partial charge >= 0.3 is 11.9 Å². The van der Waals surface area contributed by atoms with Gasteiger partial charge in [-0.15, -0.1) is 0 Å². The van der Waals surface area contributed by atoms with Crippen LogP contribution >= 0.6 is 0 Å². The van der Waals surface area contributed by atoms with E-state index in [-0.39, 0.29) is 30.9 Å². The molecule has 0 aliphatic carbocycles. The van der Waals surface area contributed by atoms with Crippen molar-refractivity contribution in [1.29, 1.82) is 0 Å². The van der Waals surface area contributed by atoms with Crippen LogP contribution in [0.5, 0.6) is 0 Å². The van der Waals surface area contributed by atoms with E-state index < -0.39 is 42.1 Å². The van der Waals surface area contributed by atoms with Gasteiger partial charge in [-0.25, -0.2) is 4.79 Å². The second-order valence-corrected chi connectivity index (χ2v) is 9.46. The van der Waals surface area contributed by atoms with Crippen molar-refractivity contribution in [2.24, 2.45) is 17.1 Å².